The van der Waals surface area contributed by atoms with Gasteiger partial charge in [-0.15, -0.1) is 0 Å². The van der Waals surface area contributed by atoms with E-state index in [2.05, 4.69) is 34.1 Å². The van der Waals surface area contributed by atoms with Gasteiger partial charge in [-0.2, -0.15) is 0 Å². The van der Waals surface area contributed by atoms with Gasteiger partial charge in [0.1, 0.15) is 0 Å². The van der Waals surface area contributed by atoms with Crippen molar-refractivity contribution in [3.8, 4) is 0 Å². The lowest BCUT2D eigenvalue weighted by molar-refractivity contribution is 0.547. The maximum Gasteiger partial charge on any atom is 0.0705 e. The fraction of sp³-hybridized carbons (Fsp3) is 0.250. The summed E-state index contributed by atoms with van der Waals surface area (Å²) >= 11 is 0. The van der Waals surface area contributed by atoms with E-state index >= 15 is 0 Å². The van der Waals surface area contributed by atoms with E-state index < -0.39 is 0 Å². The molecule has 0 saturated carbocycles. The van der Waals surface area contributed by atoms with Crippen molar-refractivity contribution < 1.29 is 0 Å². The number of benzene rings is 1. The van der Waals surface area contributed by atoms with Gasteiger partial charge in [0.25, 0.3) is 0 Å². The molecule has 0 spiro atoms. The largest absolute Gasteiger partial charge is 0.295 e. The fourth-order valence-corrected chi connectivity index (χ4v) is 1.65. The van der Waals surface area contributed by atoms with Crippen LogP contribution in [0.2, 0.25) is 0 Å². The van der Waals surface area contributed by atoms with Gasteiger partial charge >= 0.3 is 0 Å². The molecule has 14 heavy (non-hydrogen) atoms. The van der Waals surface area contributed by atoms with Gasteiger partial charge in [0, 0.05) is 25.0 Å². The van der Waals surface area contributed by atoms with Gasteiger partial charge in [-0.3, -0.25) is 9.88 Å². The van der Waals surface area contributed by atoms with Crippen LogP contribution in [-0.2, 0) is 6.54 Å². The molecular weight excluding hydrogens is 172 g/mol. The molecule has 0 atom stereocenters. The number of nitrogens with zero attached hydrogens (tertiary/aromatic N) is 2. The molecule has 0 unspecified atom stereocenters. The monoisotopic (exact) mass is 184 g/mol. The van der Waals surface area contributed by atoms with Crippen LogP contribution in [0, 0.1) is 0 Å². The number of rotatable bonds is 2. The number of hydrogen-bond acceptors (Lipinski definition) is 2. The molecule has 3 rings (SSSR count). The number of hydrogen-bond donors (Lipinski definition) is 0. The Kier molecular flexibility index (Phi) is 1.74. The molecule has 1 fully saturated rings. The number of aromatic nitrogens is 1. The minimum Gasteiger partial charge on any atom is -0.295 e. The van der Waals surface area contributed by atoms with Crippen molar-refractivity contribution in [1.29, 1.82) is 0 Å². The van der Waals surface area contributed by atoms with Gasteiger partial charge in [-0.1, -0.05) is 24.3 Å². The molecule has 1 aromatic carbocycles. The van der Waals surface area contributed by atoms with Gasteiger partial charge in [0.15, 0.2) is 0 Å². The predicted octanol–water partition coefficient (Wildman–Crippen LogP) is 2.05. The second-order valence-electron chi connectivity index (χ2n) is 3.77. The highest BCUT2D eigenvalue weighted by molar-refractivity contribution is 5.78. The van der Waals surface area contributed by atoms with Crippen LogP contribution in [-0.4, -0.2) is 23.0 Å². The summed E-state index contributed by atoms with van der Waals surface area (Å²) in [6.07, 6.45) is 0. The zero-order valence-corrected chi connectivity index (χ0v) is 7.98. The van der Waals surface area contributed by atoms with Crippen molar-refractivity contribution >= 4 is 10.9 Å². The van der Waals surface area contributed by atoms with E-state index in [1.807, 2.05) is 12.1 Å². The van der Waals surface area contributed by atoms with E-state index in [-0.39, 0.29) is 0 Å². The third kappa shape index (κ3) is 1.49. The van der Waals surface area contributed by atoms with E-state index in [1.165, 1.54) is 24.2 Å². The summed E-state index contributed by atoms with van der Waals surface area (Å²) in [5, 5.41) is 1.22. The molecule has 0 amide bonds. The normalized spacial score (nSPS) is 16.0. The van der Waals surface area contributed by atoms with E-state index in [1.54, 1.807) is 0 Å². The van der Waals surface area contributed by atoms with Crippen LogP contribution in [0.5, 0.6) is 0 Å². The Morgan fingerprint density at radius 3 is 2.79 bits per heavy atom. The summed E-state index contributed by atoms with van der Waals surface area (Å²) in [5.74, 6) is 0. The Morgan fingerprint density at radius 1 is 1.07 bits per heavy atom. The lowest BCUT2D eigenvalue weighted by Gasteiger charge is -2.02. The van der Waals surface area contributed by atoms with Crippen molar-refractivity contribution in [1.82, 2.24) is 9.88 Å². The Hall–Kier alpha value is -1.41. The number of fused-ring (bicyclic) bond motifs is 1. The van der Waals surface area contributed by atoms with Crippen molar-refractivity contribution in [2.75, 3.05) is 13.1 Å². The topological polar surface area (TPSA) is 15.9 Å². The molecule has 0 N–H and O–H groups in total. The standard InChI is InChI=1S/C12H12N2/c1-2-4-12-10(3-1)5-6-11(13-12)9-14-7-8-14/h1-6H,7-9H2. The lowest BCUT2D eigenvalue weighted by Crippen LogP contribution is -1.99. The first-order chi connectivity index (χ1) is 6.92. The van der Waals surface area contributed by atoms with E-state index in [0.717, 1.165) is 12.1 Å². The van der Waals surface area contributed by atoms with Crippen molar-refractivity contribution in [3.05, 3.63) is 42.1 Å². The molecule has 2 heterocycles. The van der Waals surface area contributed by atoms with Crippen LogP contribution in [0.15, 0.2) is 36.4 Å². The van der Waals surface area contributed by atoms with Crippen molar-refractivity contribution in [2.45, 2.75) is 6.54 Å². The average Bonchev–Trinajstić information content (AvgIpc) is 3.02. The minimum absolute atomic E-state index is 1.00. The molecule has 0 bridgehead atoms. The summed E-state index contributed by atoms with van der Waals surface area (Å²) in [7, 11) is 0. The van der Waals surface area contributed by atoms with Crippen LogP contribution in [0.25, 0.3) is 10.9 Å². The van der Waals surface area contributed by atoms with Crippen molar-refractivity contribution in [2.24, 2.45) is 0 Å². The molecule has 70 valence electrons. The first-order valence-electron chi connectivity index (χ1n) is 4.99. The third-order valence-electron chi connectivity index (χ3n) is 2.58. The van der Waals surface area contributed by atoms with Crippen LogP contribution >= 0.6 is 0 Å². The highest BCUT2D eigenvalue weighted by Crippen LogP contribution is 2.15. The number of pyridine rings is 1. The van der Waals surface area contributed by atoms with E-state index in [4.69, 9.17) is 0 Å². The van der Waals surface area contributed by atoms with Crippen molar-refractivity contribution in [3.63, 3.8) is 0 Å². The lowest BCUT2D eigenvalue weighted by atomic mass is 10.2. The molecule has 1 saturated heterocycles. The van der Waals surface area contributed by atoms with Crippen LogP contribution < -0.4 is 0 Å². The summed E-state index contributed by atoms with van der Waals surface area (Å²) in [4.78, 5) is 6.99. The first kappa shape index (κ1) is 7.94. The molecule has 2 aromatic rings. The van der Waals surface area contributed by atoms with Crippen LogP contribution in [0.1, 0.15) is 5.69 Å². The average molecular weight is 184 g/mol. The molecule has 1 aliphatic heterocycles. The smallest absolute Gasteiger partial charge is 0.0705 e. The highest BCUT2D eigenvalue weighted by Gasteiger charge is 2.17. The molecule has 1 aromatic heterocycles. The Bertz CT molecular complexity index is 461. The third-order valence-corrected chi connectivity index (χ3v) is 2.58. The summed E-state index contributed by atoms with van der Waals surface area (Å²) < 4.78 is 0. The predicted molar refractivity (Wildman–Crippen MR) is 57.0 cm³/mol. The molecule has 2 nitrogen and oxygen atoms in total. The Labute approximate surface area is 83.2 Å². The highest BCUT2D eigenvalue weighted by atomic mass is 15.3. The van der Waals surface area contributed by atoms with Gasteiger partial charge in [-0.25, -0.2) is 0 Å². The second kappa shape index (κ2) is 3.07. The second-order valence-corrected chi connectivity index (χ2v) is 3.77. The fourth-order valence-electron chi connectivity index (χ4n) is 1.65. The molecule has 0 aliphatic carbocycles. The SMILES string of the molecule is c1ccc2nc(CN3CC3)ccc2c1. The summed E-state index contributed by atoms with van der Waals surface area (Å²) in [5.41, 5.74) is 2.29. The summed E-state index contributed by atoms with van der Waals surface area (Å²) in [6, 6.07) is 12.5. The molecule has 2 heteroatoms. The van der Waals surface area contributed by atoms with Gasteiger partial charge in [-0.05, 0) is 12.1 Å². The van der Waals surface area contributed by atoms with Gasteiger partial charge in [0.05, 0.1) is 11.2 Å². The molecule has 0 radical (unpaired) electrons. The molecule has 1 aliphatic rings. The van der Waals surface area contributed by atoms with Gasteiger partial charge in [0.2, 0.25) is 0 Å². The van der Waals surface area contributed by atoms with E-state index in [0.29, 0.717) is 0 Å². The van der Waals surface area contributed by atoms with E-state index in [9.17, 15) is 0 Å². The first-order valence-corrected chi connectivity index (χ1v) is 4.99. The zero-order valence-electron chi connectivity index (χ0n) is 7.98. The number of para-hydroxylation sites is 1. The Morgan fingerprint density at radius 2 is 1.93 bits per heavy atom. The van der Waals surface area contributed by atoms with Gasteiger partial charge < -0.3 is 0 Å². The van der Waals surface area contributed by atoms with Crippen LogP contribution in [0.3, 0.4) is 0 Å². The van der Waals surface area contributed by atoms with Crippen LogP contribution in [0.4, 0.5) is 0 Å². The zero-order chi connectivity index (χ0) is 9.38. The maximum atomic E-state index is 4.61. The quantitative estimate of drug-likeness (QED) is 0.664. The summed E-state index contributed by atoms with van der Waals surface area (Å²) in [6.45, 7) is 3.47. The Balaban J connectivity index is 2.01. The maximum absolute atomic E-state index is 4.61. The molecular formula is C12H12N2. The minimum atomic E-state index is 1.00.